The fourth-order valence-electron chi connectivity index (χ4n) is 3.01. The predicted molar refractivity (Wildman–Crippen MR) is 57.6 cm³/mol. The summed E-state index contributed by atoms with van der Waals surface area (Å²) in [7, 11) is 0. The number of allylic oxidation sites excluding steroid dienone is 1. The average Bonchev–Trinajstić information content (AvgIpc) is 2.22. The van der Waals surface area contributed by atoms with Crippen LogP contribution in [0.1, 0.15) is 33.1 Å². The fraction of sp³-hybridized carbons (Fsp3) is 0.818. The fourth-order valence-corrected chi connectivity index (χ4v) is 3.55. The Morgan fingerprint density at radius 2 is 2.23 bits per heavy atom. The number of halogens is 1. The van der Waals surface area contributed by atoms with Crippen molar-refractivity contribution >= 4 is 15.9 Å². The number of fused-ring (bicyclic) bond motifs is 1. The topological polar surface area (TPSA) is 20.2 Å². The molecule has 0 aromatic heterocycles. The van der Waals surface area contributed by atoms with Gasteiger partial charge in [-0.15, -0.1) is 0 Å². The van der Waals surface area contributed by atoms with Gasteiger partial charge < -0.3 is 5.11 Å². The van der Waals surface area contributed by atoms with Crippen LogP contribution in [-0.2, 0) is 0 Å². The molecule has 74 valence electrons. The van der Waals surface area contributed by atoms with Crippen LogP contribution in [0.3, 0.4) is 0 Å². The SMILES string of the molecule is CC1(C)C[C@H](O)[C@H]2C=C(Br)CC[C@@H]21. The molecule has 2 rings (SSSR count). The van der Waals surface area contributed by atoms with E-state index < -0.39 is 0 Å². The zero-order chi connectivity index (χ0) is 9.64. The molecule has 0 unspecified atom stereocenters. The molecule has 3 atom stereocenters. The minimum absolute atomic E-state index is 0.118. The highest BCUT2D eigenvalue weighted by molar-refractivity contribution is 9.11. The molecule has 0 aromatic rings. The summed E-state index contributed by atoms with van der Waals surface area (Å²) >= 11 is 3.54. The Morgan fingerprint density at radius 3 is 2.92 bits per heavy atom. The minimum Gasteiger partial charge on any atom is -0.392 e. The van der Waals surface area contributed by atoms with E-state index in [1.54, 1.807) is 0 Å². The van der Waals surface area contributed by atoms with E-state index in [1.165, 1.54) is 10.9 Å². The summed E-state index contributed by atoms with van der Waals surface area (Å²) in [6, 6.07) is 0. The minimum atomic E-state index is -0.118. The van der Waals surface area contributed by atoms with Gasteiger partial charge in [-0.1, -0.05) is 35.9 Å². The highest BCUT2D eigenvalue weighted by Crippen LogP contribution is 2.52. The summed E-state index contributed by atoms with van der Waals surface area (Å²) in [4.78, 5) is 0. The largest absolute Gasteiger partial charge is 0.392 e. The Hall–Kier alpha value is 0.180. The van der Waals surface area contributed by atoms with Crippen molar-refractivity contribution in [3.05, 3.63) is 10.6 Å². The Labute approximate surface area is 88.3 Å². The van der Waals surface area contributed by atoms with Gasteiger partial charge in [0.1, 0.15) is 0 Å². The lowest BCUT2D eigenvalue weighted by Crippen LogP contribution is -2.25. The molecule has 1 fully saturated rings. The van der Waals surface area contributed by atoms with E-state index in [0.717, 1.165) is 12.8 Å². The molecule has 0 amide bonds. The maximum atomic E-state index is 9.91. The number of hydrogen-bond donors (Lipinski definition) is 1. The third-order valence-corrected chi connectivity index (χ3v) is 4.38. The molecule has 2 aliphatic carbocycles. The monoisotopic (exact) mass is 244 g/mol. The van der Waals surface area contributed by atoms with Crippen molar-refractivity contribution in [1.29, 1.82) is 0 Å². The zero-order valence-corrected chi connectivity index (χ0v) is 9.84. The lowest BCUT2D eigenvalue weighted by molar-refractivity contribution is 0.137. The predicted octanol–water partition coefficient (Wildman–Crippen LogP) is 3.08. The van der Waals surface area contributed by atoms with E-state index >= 15 is 0 Å². The van der Waals surface area contributed by atoms with Crippen LogP contribution in [0, 0.1) is 17.3 Å². The van der Waals surface area contributed by atoms with Gasteiger partial charge in [0.05, 0.1) is 6.10 Å². The van der Waals surface area contributed by atoms with Crippen LogP contribution in [-0.4, -0.2) is 11.2 Å². The molecule has 0 spiro atoms. The van der Waals surface area contributed by atoms with Gasteiger partial charge in [0.25, 0.3) is 0 Å². The number of rotatable bonds is 0. The number of aliphatic hydroxyl groups is 1. The molecule has 0 aliphatic heterocycles. The second-order valence-electron chi connectivity index (χ2n) is 5.10. The molecule has 1 N–H and O–H groups in total. The summed E-state index contributed by atoms with van der Waals surface area (Å²) in [6.45, 7) is 4.57. The highest BCUT2D eigenvalue weighted by Gasteiger charge is 2.47. The summed E-state index contributed by atoms with van der Waals surface area (Å²) in [5.41, 5.74) is 0.328. The van der Waals surface area contributed by atoms with Crippen LogP contribution < -0.4 is 0 Å². The third-order valence-electron chi connectivity index (χ3n) is 3.72. The van der Waals surface area contributed by atoms with Gasteiger partial charge in [0.2, 0.25) is 0 Å². The second kappa shape index (κ2) is 3.09. The maximum absolute atomic E-state index is 9.91. The second-order valence-corrected chi connectivity index (χ2v) is 6.11. The van der Waals surface area contributed by atoms with Crippen LogP contribution in [0.25, 0.3) is 0 Å². The molecule has 2 heteroatoms. The van der Waals surface area contributed by atoms with E-state index in [-0.39, 0.29) is 6.10 Å². The van der Waals surface area contributed by atoms with E-state index in [1.807, 2.05) is 0 Å². The first kappa shape index (κ1) is 9.72. The quantitative estimate of drug-likeness (QED) is 0.695. The lowest BCUT2D eigenvalue weighted by Gasteiger charge is -2.32. The van der Waals surface area contributed by atoms with Crippen molar-refractivity contribution in [2.45, 2.75) is 39.2 Å². The van der Waals surface area contributed by atoms with Gasteiger partial charge in [0.15, 0.2) is 0 Å². The molecule has 2 aliphatic rings. The zero-order valence-electron chi connectivity index (χ0n) is 8.26. The van der Waals surface area contributed by atoms with Crippen LogP contribution in [0.5, 0.6) is 0 Å². The lowest BCUT2D eigenvalue weighted by atomic mass is 9.74. The number of aliphatic hydroxyl groups excluding tert-OH is 1. The van der Waals surface area contributed by atoms with E-state index in [2.05, 4.69) is 35.9 Å². The average molecular weight is 245 g/mol. The van der Waals surface area contributed by atoms with Gasteiger partial charge in [0, 0.05) is 5.92 Å². The van der Waals surface area contributed by atoms with Crippen molar-refractivity contribution in [2.24, 2.45) is 17.3 Å². The van der Waals surface area contributed by atoms with E-state index in [4.69, 9.17) is 0 Å². The van der Waals surface area contributed by atoms with Crippen LogP contribution in [0.2, 0.25) is 0 Å². The van der Waals surface area contributed by atoms with Crippen LogP contribution in [0.15, 0.2) is 10.6 Å². The van der Waals surface area contributed by atoms with Crippen molar-refractivity contribution in [2.75, 3.05) is 0 Å². The van der Waals surface area contributed by atoms with Crippen molar-refractivity contribution in [3.8, 4) is 0 Å². The van der Waals surface area contributed by atoms with Gasteiger partial charge in [-0.2, -0.15) is 0 Å². The van der Waals surface area contributed by atoms with Gasteiger partial charge in [-0.25, -0.2) is 0 Å². The highest BCUT2D eigenvalue weighted by atomic mass is 79.9. The first-order valence-corrected chi connectivity index (χ1v) is 5.84. The Balaban J connectivity index is 2.27. The molecule has 1 saturated carbocycles. The molecule has 0 bridgehead atoms. The van der Waals surface area contributed by atoms with Crippen molar-refractivity contribution in [1.82, 2.24) is 0 Å². The standard InChI is InChI=1S/C11H17BrO/c1-11(2)6-10(13)8-5-7(12)3-4-9(8)11/h5,8-10,13H,3-4,6H2,1-2H3/t8-,9-,10-/m0/s1. The smallest absolute Gasteiger partial charge is 0.0611 e. The van der Waals surface area contributed by atoms with E-state index in [9.17, 15) is 5.11 Å². The summed E-state index contributed by atoms with van der Waals surface area (Å²) in [6.07, 6.45) is 5.45. The van der Waals surface area contributed by atoms with Gasteiger partial charge in [-0.05, 0) is 35.1 Å². The summed E-state index contributed by atoms with van der Waals surface area (Å²) in [5.74, 6) is 1.09. The van der Waals surface area contributed by atoms with Crippen LogP contribution in [0.4, 0.5) is 0 Å². The molecule has 13 heavy (non-hydrogen) atoms. The summed E-state index contributed by atoms with van der Waals surface area (Å²) < 4.78 is 1.28. The Kier molecular flexibility index (Phi) is 2.31. The first-order chi connectivity index (χ1) is 6.00. The molecule has 0 radical (unpaired) electrons. The summed E-state index contributed by atoms with van der Waals surface area (Å²) in [5, 5.41) is 9.91. The molecule has 1 nitrogen and oxygen atoms in total. The van der Waals surface area contributed by atoms with E-state index in [0.29, 0.717) is 17.3 Å². The van der Waals surface area contributed by atoms with Gasteiger partial charge in [-0.3, -0.25) is 0 Å². The normalized spacial score (nSPS) is 42.8. The Bertz CT molecular complexity index is 244. The number of hydrogen-bond acceptors (Lipinski definition) is 1. The molecule has 0 saturated heterocycles. The molecule has 0 heterocycles. The third kappa shape index (κ3) is 1.59. The molecular formula is C11H17BrO. The maximum Gasteiger partial charge on any atom is 0.0611 e. The molecule has 0 aromatic carbocycles. The Morgan fingerprint density at radius 1 is 1.54 bits per heavy atom. The molecular weight excluding hydrogens is 228 g/mol. The van der Waals surface area contributed by atoms with Crippen molar-refractivity contribution in [3.63, 3.8) is 0 Å². The van der Waals surface area contributed by atoms with Crippen molar-refractivity contribution < 1.29 is 5.11 Å². The first-order valence-electron chi connectivity index (χ1n) is 5.05. The van der Waals surface area contributed by atoms with Crippen LogP contribution >= 0.6 is 15.9 Å². The van der Waals surface area contributed by atoms with Gasteiger partial charge >= 0.3 is 0 Å².